The first-order valence-corrected chi connectivity index (χ1v) is 19.7. The van der Waals surface area contributed by atoms with Gasteiger partial charge in [-0.1, -0.05) is 58.0 Å². The van der Waals surface area contributed by atoms with Gasteiger partial charge in [0.2, 0.25) is 11.6 Å². The lowest BCUT2D eigenvalue weighted by molar-refractivity contribution is -0.578. The van der Waals surface area contributed by atoms with E-state index in [-0.39, 0.29) is 29.6 Å². The van der Waals surface area contributed by atoms with Crippen LogP contribution in [-0.4, -0.2) is 61.2 Å². The molecule has 278 valence electrons. The number of fused-ring (bicyclic) bond motifs is 4. The van der Waals surface area contributed by atoms with Crippen molar-refractivity contribution in [3.63, 3.8) is 0 Å². The van der Waals surface area contributed by atoms with E-state index in [1.807, 2.05) is 13.8 Å². The van der Waals surface area contributed by atoms with Crippen molar-refractivity contribution in [1.29, 1.82) is 0 Å². The lowest BCUT2D eigenvalue weighted by Gasteiger charge is -2.60. The number of benzene rings is 1. The van der Waals surface area contributed by atoms with Gasteiger partial charge in [0.15, 0.2) is 36.4 Å². The van der Waals surface area contributed by atoms with Crippen LogP contribution in [-0.2, 0) is 54.4 Å². The molecule has 10 fully saturated rings. The fraction of sp³-hybridized carbons (Fsp3) is 0.850. The molecular weight excluding hydrogens is 640 g/mol. The van der Waals surface area contributed by atoms with Gasteiger partial charge in [-0.15, -0.1) is 0 Å². The summed E-state index contributed by atoms with van der Waals surface area (Å²) < 4.78 is 40.3. The van der Waals surface area contributed by atoms with Crippen LogP contribution in [0.25, 0.3) is 0 Å². The van der Waals surface area contributed by atoms with E-state index in [0.717, 1.165) is 57.8 Å². The van der Waals surface area contributed by atoms with Crippen molar-refractivity contribution in [2.24, 2.45) is 53.3 Å². The van der Waals surface area contributed by atoms with E-state index in [9.17, 15) is 0 Å². The average molecular weight is 699 g/mol. The van der Waals surface area contributed by atoms with Gasteiger partial charge in [-0.05, 0) is 88.0 Å². The normalized spacial score (nSPS) is 52.8. The molecule has 0 aromatic heterocycles. The first kappa shape index (κ1) is 34.6. The van der Waals surface area contributed by atoms with Crippen molar-refractivity contribution in [2.75, 3.05) is 13.2 Å². The zero-order chi connectivity index (χ0) is 34.5. The molecule has 4 bridgehead atoms. The van der Waals surface area contributed by atoms with E-state index < -0.39 is 47.9 Å². The van der Waals surface area contributed by atoms with E-state index in [2.05, 4.69) is 58.0 Å². The molecule has 10 aliphatic rings. The third kappa shape index (κ3) is 5.41. The highest BCUT2D eigenvalue weighted by atomic mass is 17.3. The molecule has 50 heavy (non-hydrogen) atoms. The number of rotatable bonds is 8. The fourth-order valence-electron chi connectivity index (χ4n) is 11.7. The second-order valence-electron chi connectivity index (χ2n) is 17.8. The van der Waals surface area contributed by atoms with Gasteiger partial charge >= 0.3 is 0 Å². The van der Waals surface area contributed by atoms with Crippen LogP contribution >= 0.6 is 0 Å². The van der Waals surface area contributed by atoms with E-state index in [0.29, 0.717) is 36.9 Å². The Bertz CT molecular complexity index is 1300. The molecule has 11 rings (SSSR count). The summed E-state index contributed by atoms with van der Waals surface area (Å²) in [5.74, 6) is 0.783. The van der Waals surface area contributed by atoms with Crippen LogP contribution in [0.15, 0.2) is 30.3 Å². The molecule has 1 aromatic carbocycles. The first-order valence-electron chi connectivity index (χ1n) is 19.7. The number of hydrogen-bond donors (Lipinski definition) is 0. The molecule has 0 N–H and O–H groups in total. The van der Waals surface area contributed by atoms with Crippen molar-refractivity contribution in [2.45, 2.75) is 147 Å². The summed E-state index contributed by atoms with van der Waals surface area (Å²) in [5, 5.41) is 0. The molecular formula is C40H58O10. The van der Waals surface area contributed by atoms with E-state index in [4.69, 9.17) is 48.0 Å². The van der Waals surface area contributed by atoms with Gasteiger partial charge in [0.1, 0.15) is 0 Å². The lowest BCUT2D eigenvalue weighted by atomic mass is 9.58. The molecule has 8 saturated heterocycles. The highest BCUT2D eigenvalue weighted by Gasteiger charge is 2.71. The van der Waals surface area contributed by atoms with Crippen LogP contribution < -0.4 is 0 Å². The smallest absolute Gasteiger partial charge is 0.201 e. The van der Waals surface area contributed by atoms with Crippen LogP contribution in [0.2, 0.25) is 0 Å². The maximum absolute atomic E-state index is 6.79. The van der Waals surface area contributed by atoms with Gasteiger partial charge in [0.05, 0.1) is 13.2 Å². The van der Waals surface area contributed by atoms with Gasteiger partial charge in [-0.2, -0.15) is 0 Å². The van der Waals surface area contributed by atoms with Gasteiger partial charge in [0.25, 0.3) is 0 Å². The monoisotopic (exact) mass is 698 g/mol. The summed E-state index contributed by atoms with van der Waals surface area (Å²) >= 11 is 0. The van der Waals surface area contributed by atoms with Crippen LogP contribution in [0.5, 0.6) is 0 Å². The van der Waals surface area contributed by atoms with Crippen molar-refractivity contribution in [3.8, 4) is 0 Å². The van der Waals surface area contributed by atoms with Crippen LogP contribution in [0, 0.1) is 53.3 Å². The Labute approximate surface area is 297 Å². The zero-order valence-electron chi connectivity index (χ0n) is 30.8. The topological polar surface area (TPSA) is 92.3 Å². The molecule has 0 amide bonds. The minimum atomic E-state index is -0.812. The maximum atomic E-state index is 6.79. The van der Waals surface area contributed by atoms with Crippen molar-refractivity contribution in [1.82, 2.24) is 0 Å². The predicted molar refractivity (Wildman–Crippen MR) is 179 cm³/mol. The molecule has 2 aliphatic carbocycles. The molecule has 10 nitrogen and oxygen atoms in total. The summed E-state index contributed by atoms with van der Waals surface area (Å²) in [6, 6.07) is 10.6. The third-order valence-electron chi connectivity index (χ3n) is 14.6. The summed E-state index contributed by atoms with van der Waals surface area (Å²) in [6.45, 7) is 14.1. The highest BCUT2D eigenvalue weighted by molar-refractivity contribution is 5.15. The zero-order valence-corrected chi connectivity index (χ0v) is 30.8. The fourth-order valence-corrected chi connectivity index (χ4v) is 11.7. The minimum Gasteiger partial charge on any atom is -0.352 e. The third-order valence-corrected chi connectivity index (χ3v) is 14.6. The van der Waals surface area contributed by atoms with Gasteiger partial charge in [0, 0.05) is 42.4 Å². The molecule has 2 unspecified atom stereocenters. The number of hydrogen-bond acceptors (Lipinski definition) is 10. The number of ether oxygens (including phenoxy) is 6. The molecule has 8 aliphatic heterocycles. The standard InChI is InChI=1S/C40H58O10/c1-23-12-14-31-25(3)33(43-35-39(31)29(23)16-18-37(5,45-35)47-49-39)41-21-28(20-27-10-8-7-9-11-27)22-42-34-26(4)32-15-13-24(2)30-17-19-38(6)46-36(44-34)40(30,32)50-48-38/h7-11,23-26,28-36H,12-22H2,1-6H3/t23-,24-,25-,26-,28?,29+,30+,31+,32+,33+,34+,35-,36?,37-,38-,39-,40-/m1/s1. The first-order chi connectivity index (χ1) is 24.0. The van der Waals surface area contributed by atoms with E-state index in [1.165, 1.54) is 5.56 Å². The molecule has 1 aromatic rings. The van der Waals surface area contributed by atoms with Crippen molar-refractivity contribution < 1.29 is 48.0 Å². The van der Waals surface area contributed by atoms with Crippen molar-refractivity contribution >= 4 is 0 Å². The second kappa shape index (κ2) is 12.7. The predicted octanol–water partition coefficient (Wildman–Crippen LogP) is 7.29. The van der Waals surface area contributed by atoms with Gasteiger partial charge in [-0.3, -0.25) is 0 Å². The second-order valence-corrected chi connectivity index (χ2v) is 17.8. The SMILES string of the molecule is C[C@H]1[C@@H](OCC(CO[C@H]2O[C@@H]3O[C@@]4(C)CC[C@H]5[C@H](C)CC[C@@H]([C@H]2C)[C@@]35OO4)Cc2ccccc2)OC2O[C@@]3(C)CC[C@H]4[C@H](C)CC[C@@H]1[C@@]24OO3. The summed E-state index contributed by atoms with van der Waals surface area (Å²) in [5.41, 5.74) is 0.0379. The Morgan fingerprint density at radius 1 is 0.620 bits per heavy atom. The van der Waals surface area contributed by atoms with Crippen molar-refractivity contribution in [3.05, 3.63) is 35.9 Å². The molecule has 8 heterocycles. The Morgan fingerprint density at radius 2 is 1.10 bits per heavy atom. The van der Waals surface area contributed by atoms with E-state index in [1.54, 1.807) is 0 Å². The average Bonchev–Trinajstić information content (AvgIpc) is 3.48. The largest absolute Gasteiger partial charge is 0.352 e. The Balaban J connectivity index is 0.921. The summed E-state index contributed by atoms with van der Waals surface area (Å²) in [4.78, 5) is 24.8. The molecule has 2 spiro atoms. The Kier molecular flexibility index (Phi) is 8.79. The van der Waals surface area contributed by atoms with Crippen LogP contribution in [0.3, 0.4) is 0 Å². The van der Waals surface area contributed by atoms with Gasteiger partial charge < -0.3 is 28.4 Å². The maximum Gasteiger partial charge on any atom is 0.201 e. The lowest BCUT2D eigenvalue weighted by Crippen LogP contribution is -2.70. The Morgan fingerprint density at radius 3 is 1.58 bits per heavy atom. The Hall–Kier alpha value is -1.18. The van der Waals surface area contributed by atoms with Crippen LogP contribution in [0.1, 0.15) is 98.5 Å². The van der Waals surface area contributed by atoms with Crippen LogP contribution in [0.4, 0.5) is 0 Å². The van der Waals surface area contributed by atoms with Gasteiger partial charge in [-0.25, -0.2) is 19.6 Å². The highest BCUT2D eigenvalue weighted by Crippen LogP contribution is 2.62. The molecule has 0 radical (unpaired) electrons. The van der Waals surface area contributed by atoms with E-state index >= 15 is 0 Å². The minimum absolute atomic E-state index is 0.0706. The molecule has 10 heteroatoms. The summed E-state index contributed by atoms with van der Waals surface area (Å²) in [6.07, 6.45) is 6.91. The molecule has 2 saturated carbocycles. The quantitative estimate of drug-likeness (QED) is 0.258. The molecule has 17 atom stereocenters. The summed E-state index contributed by atoms with van der Waals surface area (Å²) in [7, 11) is 0.